The van der Waals surface area contributed by atoms with Gasteiger partial charge in [-0.15, -0.1) is 0 Å². The van der Waals surface area contributed by atoms with E-state index < -0.39 is 0 Å². The van der Waals surface area contributed by atoms with E-state index in [1.807, 2.05) is 29.8 Å². The zero-order valence-electron chi connectivity index (χ0n) is 13.2. The molecule has 0 fully saturated rings. The van der Waals surface area contributed by atoms with Gasteiger partial charge in [0.05, 0.1) is 18.5 Å². The van der Waals surface area contributed by atoms with E-state index in [-0.39, 0.29) is 0 Å². The Kier molecular flexibility index (Phi) is 4.78. The third-order valence-electron chi connectivity index (χ3n) is 3.52. The van der Waals surface area contributed by atoms with Crippen LogP contribution in [0.4, 0.5) is 5.82 Å². The van der Waals surface area contributed by atoms with E-state index in [1.54, 1.807) is 24.2 Å². The Balaban J connectivity index is 1.92. The average molecular weight is 329 g/mol. The lowest BCUT2D eigenvalue weighted by atomic mass is 10.2. The van der Waals surface area contributed by atoms with Gasteiger partial charge in [0, 0.05) is 23.7 Å². The smallest absolute Gasteiger partial charge is 0.160 e. The van der Waals surface area contributed by atoms with Crippen LogP contribution in [0.25, 0.3) is 22.4 Å². The molecule has 0 amide bonds. The Morgan fingerprint density at radius 3 is 3.00 bits per heavy atom. The minimum Gasteiger partial charge on any atom is -0.383 e. The molecule has 7 heteroatoms. The molecule has 0 aliphatic carbocycles. The summed E-state index contributed by atoms with van der Waals surface area (Å²) in [5.41, 5.74) is 10.2. The first-order valence-corrected chi connectivity index (χ1v) is 8.70. The normalized spacial score (nSPS) is 11.2. The molecule has 0 atom stereocenters. The van der Waals surface area contributed by atoms with E-state index in [1.165, 1.54) is 0 Å². The molecule has 3 heterocycles. The van der Waals surface area contributed by atoms with Crippen molar-refractivity contribution >= 4 is 28.7 Å². The van der Waals surface area contributed by atoms with Gasteiger partial charge < -0.3 is 15.0 Å². The van der Waals surface area contributed by atoms with Crippen molar-refractivity contribution < 1.29 is 4.74 Å². The van der Waals surface area contributed by atoms with Crippen LogP contribution in [0.3, 0.4) is 0 Å². The van der Waals surface area contributed by atoms with Crippen LogP contribution in [0.2, 0.25) is 0 Å². The Morgan fingerprint density at radius 2 is 2.22 bits per heavy atom. The lowest BCUT2D eigenvalue weighted by molar-refractivity contribution is 0.0926. The molecular formula is C16H19N5OS. The standard InChI is InChI=1S/C16H19N5OS/c1-11-9-21(10-22-6-7-23-2)16-14(11)20-13(8-19-16)12-4-3-5-18-15(12)17/h3-5,8-9H,6-7,10H2,1-2H3,(H2,17,18). The topological polar surface area (TPSA) is 78.8 Å². The highest BCUT2D eigenvalue weighted by Crippen LogP contribution is 2.25. The summed E-state index contributed by atoms with van der Waals surface area (Å²) in [4.78, 5) is 13.4. The number of hydrogen-bond acceptors (Lipinski definition) is 6. The molecular weight excluding hydrogens is 310 g/mol. The first-order valence-electron chi connectivity index (χ1n) is 7.30. The minimum absolute atomic E-state index is 0.457. The van der Waals surface area contributed by atoms with Crippen molar-refractivity contribution in [1.29, 1.82) is 0 Å². The van der Waals surface area contributed by atoms with Crippen molar-refractivity contribution in [2.45, 2.75) is 13.7 Å². The zero-order chi connectivity index (χ0) is 16.2. The Bertz CT molecular complexity index is 817. The quantitative estimate of drug-likeness (QED) is 0.701. The largest absolute Gasteiger partial charge is 0.383 e. The second-order valence-corrected chi connectivity index (χ2v) is 6.16. The molecule has 23 heavy (non-hydrogen) atoms. The van der Waals surface area contributed by atoms with Gasteiger partial charge in [0.1, 0.15) is 18.1 Å². The first kappa shape index (κ1) is 15.8. The molecule has 2 N–H and O–H groups in total. The Morgan fingerprint density at radius 1 is 1.35 bits per heavy atom. The van der Waals surface area contributed by atoms with Crippen molar-refractivity contribution in [1.82, 2.24) is 19.5 Å². The number of nitrogen functional groups attached to an aromatic ring is 1. The SMILES string of the molecule is CSCCOCn1cc(C)c2nc(-c3cccnc3N)cnc21. The summed E-state index contributed by atoms with van der Waals surface area (Å²) in [5.74, 6) is 1.44. The van der Waals surface area contributed by atoms with Crippen LogP contribution in [0, 0.1) is 6.92 Å². The highest BCUT2D eigenvalue weighted by atomic mass is 32.2. The third kappa shape index (κ3) is 3.30. The number of nitrogens with zero attached hydrogens (tertiary/aromatic N) is 4. The maximum absolute atomic E-state index is 5.93. The van der Waals surface area contributed by atoms with Gasteiger partial charge in [0.25, 0.3) is 0 Å². The molecule has 3 aromatic heterocycles. The summed E-state index contributed by atoms with van der Waals surface area (Å²) in [5, 5.41) is 0. The fourth-order valence-corrected chi connectivity index (χ4v) is 2.67. The van der Waals surface area contributed by atoms with Crippen molar-refractivity contribution in [3.05, 3.63) is 36.3 Å². The number of thioether (sulfide) groups is 1. The first-order chi connectivity index (χ1) is 11.2. The maximum atomic E-state index is 5.93. The number of fused-ring (bicyclic) bond motifs is 1. The summed E-state index contributed by atoms with van der Waals surface area (Å²) >= 11 is 1.77. The average Bonchev–Trinajstić information content (AvgIpc) is 2.88. The van der Waals surface area contributed by atoms with Gasteiger partial charge in [-0.1, -0.05) is 0 Å². The van der Waals surface area contributed by atoms with E-state index in [0.717, 1.165) is 40.3 Å². The number of ether oxygens (including phenoxy) is 1. The number of hydrogen-bond donors (Lipinski definition) is 1. The fraction of sp³-hybridized carbons (Fsp3) is 0.312. The molecule has 0 spiro atoms. The second kappa shape index (κ2) is 6.97. The molecule has 0 bridgehead atoms. The van der Waals surface area contributed by atoms with Gasteiger partial charge in [-0.25, -0.2) is 15.0 Å². The van der Waals surface area contributed by atoms with Crippen LogP contribution in [-0.4, -0.2) is 38.1 Å². The van der Waals surface area contributed by atoms with Gasteiger partial charge in [-0.3, -0.25) is 0 Å². The number of aryl methyl sites for hydroxylation is 1. The molecule has 120 valence electrons. The molecule has 0 aliphatic rings. The number of pyridine rings is 1. The lowest BCUT2D eigenvalue weighted by Gasteiger charge is -2.07. The van der Waals surface area contributed by atoms with Crippen molar-refractivity contribution in [3.8, 4) is 11.3 Å². The fourth-order valence-electron chi connectivity index (χ4n) is 2.38. The van der Waals surface area contributed by atoms with Crippen LogP contribution in [0.5, 0.6) is 0 Å². The third-order valence-corrected chi connectivity index (χ3v) is 4.10. The maximum Gasteiger partial charge on any atom is 0.160 e. The van der Waals surface area contributed by atoms with E-state index >= 15 is 0 Å². The predicted octanol–water partition coefficient (Wildman–Crippen LogP) is 2.72. The molecule has 0 saturated heterocycles. The number of anilines is 1. The van der Waals surface area contributed by atoms with Gasteiger partial charge in [-0.2, -0.15) is 11.8 Å². The Hall–Kier alpha value is -2.12. The molecule has 0 saturated carbocycles. The lowest BCUT2D eigenvalue weighted by Crippen LogP contribution is -2.05. The molecule has 0 unspecified atom stereocenters. The molecule has 3 aromatic rings. The summed E-state index contributed by atoms with van der Waals surface area (Å²) in [6.45, 7) is 3.22. The summed E-state index contributed by atoms with van der Waals surface area (Å²) < 4.78 is 7.64. The van der Waals surface area contributed by atoms with Gasteiger partial charge in [-0.05, 0) is 30.9 Å². The van der Waals surface area contributed by atoms with Crippen molar-refractivity contribution in [2.24, 2.45) is 0 Å². The Labute approximate surface area is 139 Å². The van der Waals surface area contributed by atoms with Crippen LogP contribution in [0.15, 0.2) is 30.7 Å². The van der Waals surface area contributed by atoms with Crippen molar-refractivity contribution in [3.63, 3.8) is 0 Å². The van der Waals surface area contributed by atoms with Crippen molar-refractivity contribution in [2.75, 3.05) is 24.3 Å². The second-order valence-electron chi connectivity index (χ2n) is 5.18. The summed E-state index contributed by atoms with van der Waals surface area (Å²) in [6, 6.07) is 3.74. The van der Waals surface area contributed by atoms with Crippen LogP contribution in [-0.2, 0) is 11.5 Å². The van der Waals surface area contributed by atoms with E-state index in [0.29, 0.717) is 12.5 Å². The molecule has 3 rings (SSSR count). The molecule has 0 aromatic carbocycles. The van der Waals surface area contributed by atoms with Gasteiger partial charge in [0.2, 0.25) is 0 Å². The van der Waals surface area contributed by atoms with E-state index in [4.69, 9.17) is 15.5 Å². The highest BCUT2D eigenvalue weighted by molar-refractivity contribution is 7.98. The minimum atomic E-state index is 0.457. The number of rotatable bonds is 6. The molecule has 0 aliphatic heterocycles. The summed E-state index contributed by atoms with van der Waals surface area (Å²) in [7, 11) is 0. The van der Waals surface area contributed by atoms with E-state index in [9.17, 15) is 0 Å². The summed E-state index contributed by atoms with van der Waals surface area (Å²) in [6.07, 6.45) is 7.47. The number of aromatic nitrogens is 4. The predicted molar refractivity (Wildman–Crippen MR) is 94.2 cm³/mol. The van der Waals surface area contributed by atoms with Gasteiger partial charge in [0.15, 0.2) is 5.65 Å². The molecule has 0 radical (unpaired) electrons. The highest BCUT2D eigenvalue weighted by Gasteiger charge is 2.12. The molecule has 6 nitrogen and oxygen atoms in total. The van der Waals surface area contributed by atoms with Crippen LogP contribution < -0.4 is 5.73 Å². The van der Waals surface area contributed by atoms with Crippen LogP contribution in [0.1, 0.15) is 5.56 Å². The monoisotopic (exact) mass is 329 g/mol. The zero-order valence-corrected chi connectivity index (χ0v) is 14.0. The van der Waals surface area contributed by atoms with Crippen LogP contribution >= 0.6 is 11.8 Å². The number of nitrogens with two attached hydrogens (primary N) is 1. The van der Waals surface area contributed by atoms with E-state index in [2.05, 4.69) is 16.2 Å². The van der Waals surface area contributed by atoms with Gasteiger partial charge >= 0.3 is 0 Å².